The number of fused-ring (bicyclic) bond motifs is 1. The molecule has 0 atom stereocenters. The fourth-order valence-electron chi connectivity index (χ4n) is 1.85. The number of rotatable bonds is 1. The molecular weight excluding hydrogens is 218 g/mol. The second kappa shape index (κ2) is 4.40. The molecule has 0 saturated carbocycles. The van der Waals surface area contributed by atoms with Crippen LogP contribution in [0.15, 0.2) is 18.2 Å². The summed E-state index contributed by atoms with van der Waals surface area (Å²) >= 11 is 0. The van der Waals surface area contributed by atoms with E-state index in [1.54, 1.807) is 7.11 Å². The van der Waals surface area contributed by atoms with Crippen LogP contribution in [0.4, 0.5) is 5.69 Å². The third-order valence-electron chi connectivity index (χ3n) is 2.54. The van der Waals surface area contributed by atoms with Gasteiger partial charge in [-0.05, 0) is 12.1 Å². The standard InChI is InChI=1S/C11H16N5O/c1-15(2)11(17-4)16(3)9-7-5-6-8-10(9)13-14-12-8/h5-7H,1-4H3,(H,12,13,14)/q+1. The monoisotopic (exact) mass is 234 g/mol. The van der Waals surface area contributed by atoms with E-state index in [4.69, 9.17) is 4.74 Å². The van der Waals surface area contributed by atoms with Crippen LogP contribution in [0.5, 0.6) is 0 Å². The predicted molar refractivity (Wildman–Crippen MR) is 66.4 cm³/mol. The molecule has 1 aromatic carbocycles. The maximum atomic E-state index is 5.36. The van der Waals surface area contributed by atoms with Crippen molar-refractivity contribution in [2.24, 2.45) is 0 Å². The predicted octanol–water partition coefficient (Wildman–Crippen LogP) is 0.669. The van der Waals surface area contributed by atoms with Crippen LogP contribution in [0.3, 0.4) is 0 Å². The summed E-state index contributed by atoms with van der Waals surface area (Å²) in [5.74, 6) is 0. The lowest BCUT2D eigenvalue weighted by atomic mass is 10.2. The molecule has 0 unspecified atom stereocenters. The van der Waals surface area contributed by atoms with Gasteiger partial charge in [-0.2, -0.15) is 20.3 Å². The highest BCUT2D eigenvalue weighted by molar-refractivity contribution is 5.97. The summed E-state index contributed by atoms with van der Waals surface area (Å²) in [7, 11) is 7.44. The second-order valence-corrected chi connectivity index (χ2v) is 3.91. The maximum Gasteiger partial charge on any atom is 0.450 e. The average Bonchev–Trinajstić information content (AvgIpc) is 2.76. The fraction of sp³-hybridized carbons (Fsp3) is 0.364. The van der Waals surface area contributed by atoms with Gasteiger partial charge in [0.05, 0.1) is 28.3 Å². The first-order valence-electron chi connectivity index (χ1n) is 5.26. The van der Waals surface area contributed by atoms with E-state index in [9.17, 15) is 0 Å². The van der Waals surface area contributed by atoms with Crippen molar-refractivity contribution >= 4 is 22.7 Å². The molecule has 1 heterocycles. The molecule has 0 radical (unpaired) electrons. The number of para-hydroxylation sites is 1. The first kappa shape index (κ1) is 11.4. The molecule has 0 aliphatic carbocycles. The lowest BCUT2D eigenvalue weighted by Crippen LogP contribution is -2.34. The number of hydrogen-bond acceptors (Lipinski definition) is 3. The number of anilines is 1. The van der Waals surface area contributed by atoms with Crippen LogP contribution in [-0.2, 0) is 4.74 Å². The van der Waals surface area contributed by atoms with Crippen molar-refractivity contribution in [1.82, 2.24) is 15.4 Å². The minimum Gasteiger partial charge on any atom is -0.435 e. The molecule has 6 nitrogen and oxygen atoms in total. The Hall–Kier alpha value is -2.11. The Morgan fingerprint density at radius 2 is 2.12 bits per heavy atom. The Bertz CT molecular complexity index is 556. The van der Waals surface area contributed by atoms with Gasteiger partial charge in [0.1, 0.15) is 5.52 Å². The first-order valence-corrected chi connectivity index (χ1v) is 5.26. The maximum absolute atomic E-state index is 5.36. The van der Waals surface area contributed by atoms with Gasteiger partial charge in [0.15, 0.2) is 11.2 Å². The zero-order chi connectivity index (χ0) is 12.4. The summed E-state index contributed by atoms with van der Waals surface area (Å²) in [6.07, 6.45) is 0. The summed E-state index contributed by atoms with van der Waals surface area (Å²) in [5.41, 5.74) is 2.61. The molecule has 2 rings (SSSR count). The first-order chi connectivity index (χ1) is 8.15. The Morgan fingerprint density at radius 3 is 2.76 bits per heavy atom. The van der Waals surface area contributed by atoms with Gasteiger partial charge >= 0.3 is 6.02 Å². The zero-order valence-electron chi connectivity index (χ0n) is 10.4. The molecule has 2 aromatic rings. The number of methoxy groups -OCH3 is 1. The van der Waals surface area contributed by atoms with Crippen LogP contribution < -0.4 is 4.90 Å². The van der Waals surface area contributed by atoms with Gasteiger partial charge in [-0.25, -0.2) is 4.58 Å². The highest BCUT2D eigenvalue weighted by Gasteiger charge is 2.22. The summed E-state index contributed by atoms with van der Waals surface area (Å²) in [5, 5.41) is 10.8. The van der Waals surface area contributed by atoms with E-state index in [-0.39, 0.29) is 0 Å². The minimum absolute atomic E-state index is 0.737. The third-order valence-corrected chi connectivity index (χ3v) is 2.54. The van der Waals surface area contributed by atoms with Crippen LogP contribution in [-0.4, -0.2) is 54.3 Å². The largest absolute Gasteiger partial charge is 0.450 e. The molecule has 17 heavy (non-hydrogen) atoms. The van der Waals surface area contributed by atoms with E-state index in [1.165, 1.54) is 0 Å². The normalized spacial score (nSPS) is 10.4. The lowest BCUT2D eigenvalue weighted by molar-refractivity contribution is -0.475. The highest BCUT2D eigenvalue weighted by atomic mass is 16.5. The van der Waals surface area contributed by atoms with Gasteiger partial charge in [0.2, 0.25) is 0 Å². The topological polar surface area (TPSA) is 57.0 Å². The zero-order valence-corrected chi connectivity index (χ0v) is 10.4. The molecule has 0 spiro atoms. The third kappa shape index (κ3) is 1.93. The van der Waals surface area contributed by atoms with Gasteiger partial charge < -0.3 is 4.74 Å². The Morgan fingerprint density at radius 1 is 1.35 bits per heavy atom. The molecule has 0 fully saturated rings. The lowest BCUT2D eigenvalue weighted by Gasteiger charge is -2.13. The van der Waals surface area contributed by atoms with Gasteiger partial charge in [-0.3, -0.25) is 0 Å². The van der Waals surface area contributed by atoms with E-state index in [0.717, 1.165) is 22.7 Å². The molecule has 0 aliphatic rings. The Balaban J connectivity index is 2.53. The van der Waals surface area contributed by atoms with E-state index in [1.807, 2.05) is 48.8 Å². The minimum atomic E-state index is 0.737. The van der Waals surface area contributed by atoms with Crippen LogP contribution in [0.25, 0.3) is 11.0 Å². The van der Waals surface area contributed by atoms with Crippen molar-refractivity contribution in [3.05, 3.63) is 18.2 Å². The van der Waals surface area contributed by atoms with Crippen molar-refractivity contribution in [2.75, 3.05) is 33.2 Å². The molecule has 90 valence electrons. The second-order valence-electron chi connectivity index (χ2n) is 3.91. The number of benzene rings is 1. The Labute approximate surface area is 99.5 Å². The SMILES string of the molecule is COC(N(C)c1cccc2n[nH]nc12)=[N+](C)C. The van der Waals surface area contributed by atoms with Crippen LogP contribution in [0.2, 0.25) is 0 Å². The van der Waals surface area contributed by atoms with Crippen molar-refractivity contribution in [1.29, 1.82) is 0 Å². The molecule has 1 aromatic heterocycles. The fourth-order valence-corrected chi connectivity index (χ4v) is 1.85. The molecule has 0 amide bonds. The number of hydrogen-bond donors (Lipinski definition) is 1. The number of ether oxygens (including phenoxy) is 1. The van der Waals surface area contributed by atoms with Gasteiger partial charge in [-0.1, -0.05) is 6.07 Å². The smallest absolute Gasteiger partial charge is 0.435 e. The van der Waals surface area contributed by atoms with Crippen molar-refractivity contribution in [2.45, 2.75) is 0 Å². The summed E-state index contributed by atoms with van der Waals surface area (Å²) < 4.78 is 7.27. The average molecular weight is 234 g/mol. The number of H-pyrrole nitrogens is 1. The molecule has 1 N–H and O–H groups in total. The van der Waals surface area contributed by atoms with E-state index < -0.39 is 0 Å². The van der Waals surface area contributed by atoms with Gasteiger partial charge in [0.25, 0.3) is 0 Å². The van der Waals surface area contributed by atoms with Crippen molar-refractivity contribution in [3.63, 3.8) is 0 Å². The van der Waals surface area contributed by atoms with Gasteiger partial charge in [-0.15, -0.1) is 0 Å². The quantitative estimate of drug-likeness (QED) is 0.447. The summed E-state index contributed by atoms with van der Waals surface area (Å²) in [4.78, 5) is 1.94. The van der Waals surface area contributed by atoms with Crippen LogP contribution in [0, 0.1) is 0 Å². The number of nitrogens with zero attached hydrogens (tertiary/aromatic N) is 4. The molecule has 6 heteroatoms. The number of aromatic amines is 1. The summed E-state index contributed by atoms with van der Waals surface area (Å²) in [6, 6.07) is 6.58. The molecule has 0 aliphatic heterocycles. The van der Waals surface area contributed by atoms with E-state index in [0.29, 0.717) is 0 Å². The van der Waals surface area contributed by atoms with Crippen LogP contribution in [0.1, 0.15) is 0 Å². The number of amidine groups is 1. The van der Waals surface area contributed by atoms with E-state index >= 15 is 0 Å². The molecule has 0 bridgehead atoms. The van der Waals surface area contributed by atoms with Crippen molar-refractivity contribution in [3.8, 4) is 0 Å². The van der Waals surface area contributed by atoms with Crippen molar-refractivity contribution < 1.29 is 9.31 Å². The number of nitrogens with one attached hydrogen (secondary N) is 1. The summed E-state index contributed by atoms with van der Waals surface area (Å²) in [6.45, 7) is 0. The van der Waals surface area contributed by atoms with Gasteiger partial charge in [0, 0.05) is 0 Å². The molecule has 0 saturated heterocycles. The Kier molecular flexibility index (Phi) is 2.95. The molecular formula is C11H16N5O+. The highest BCUT2D eigenvalue weighted by Crippen LogP contribution is 2.22. The van der Waals surface area contributed by atoms with Crippen LogP contribution >= 0.6 is 0 Å². The van der Waals surface area contributed by atoms with E-state index in [2.05, 4.69) is 15.4 Å². The number of aromatic nitrogens is 3.